The Bertz CT molecular complexity index is 432. The Morgan fingerprint density at radius 2 is 1.85 bits per heavy atom. The van der Waals surface area contributed by atoms with Crippen LogP contribution in [0.5, 0.6) is 0 Å². The van der Waals surface area contributed by atoms with E-state index in [1.54, 1.807) is 6.82 Å². The van der Waals surface area contributed by atoms with Crippen molar-refractivity contribution >= 4 is 18.7 Å². The molecule has 0 spiro atoms. The Labute approximate surface area is 126 Å². The van der Waals surface area contributed by atoms with Crippen molar-refractivity contribution in [3.63, 3.8) is 0 Å². The van der Waals surface area contributed by atoms with E-state index < -0.39 is 12.7 Å². The summed E-state index contributed by atoms with van der Waals surface area (Å²) in [7, 11) is -0.402. The van der Waals surface area contributed by atoms with Crippen molar-refractivity contribution in [2.75, 3.05) is 13.1 Å². The summed E-state index contributed by atoms with van der Waals surface area (Å²) < 4.78 is 0. The van der Waals surface area contributed by atoms with Crippen LogP contribution in [-0.4, -0.2) is 35.1 Å². The fraction of sp³-hybridized carbons (Fsp3) is 0.600. The summed E-state index contributed by atoms with van der Waals surface area (Å²) in [6.45, 7) is 5.48. The van der Waals surface area contributed by atoms with Crippen molar-refractivity contribution in [1.82, 2.24) is 4.81 Å². The number of halogens is 1. The maximum atomic E-state index is 11.1. The number of rotatable bonds is 4. The highest BCUT2D eigenvalue weighted by molar-refractivity contribution is 6.45. The molecule has 0 radical (unpaired) electrons. The van der Waals surface area contributed by atoms with Crippen LogP contribution in [0.4, 0.5) is 0 Å². The molecule has 2 N–H and O–H groups in total. The Balaban J connectivity index is 2.13. The lowest BCUT2D eigenvalue weighted by molar-refractivity contribution is -0.0466. The van der Waals surface area contributed by atoms with Crippen LogP contribution in [0.2, 0.25) is 11.8 Å². The number of nitrogens with zero attached hydrogens (tertiary/aromatic N) is 1. The third-order valence-electron chi connectivity index (χ3n) is 4.62. The minimum Gasteiger partial charge on any atom is -0.437 e. The number of benzene rings is 1. The summed E-state index contributed by atoms with van der Waals surface area (Å²) in [4.78, 5) is 2.05. The Kier molecular flexibility index (Phi) is 5.13. The highest BCUT2D eigenvalue weighted by atomic mass is 35.5. The van der Waals surface area contributed by atoms with E-state index in [1.807, 2.05) is 31.2 Å². The molecular formula is C15H23BClNO2. The Hall–Kier alpha value is -0.545. The van der Waals surface area contributed by atoms with Crippen LogP contribution >= 0.6 is 11.6 Å². The molecule has 0 bridgehead atoms. The van der Waals surface area contributed by atoms with Crippen LogP contribution in [0.3, 0.4) is 0 Å². The molecule has 1 aliphatic heterocycles. The normalized spacial score (nSPS) is 20.6. The van der Waals surface area contributed by atoms with Crippen molar-refractivity contribution in [1.29, 1.82) is 0 Å². The maximum Gasteiger partial charge on any atom is 0.376 e. The van der Waals surface area contributed by atoms with Gasteiger partial charge in [0, 0.05) is 5.02 Å². The first kappa shape index (κ1) is 15.8. The summed E-state index contributed by atoms with van der Waals surface area (Å²) in [5.74, 6) is 0.226. The SMILES string of the molecule is CCC(O)(c1ccc(Cl)cc1)C1CCN(B(C)O)CC1. The fourth-order valence-electron chi connectivity index (χ4n) is 3.22. The molecule has 2 rings (SSSR count). The summed E-state index contributed by atoms with van der Waals surface area (Å²) in [5.41, 5.74) is 0.148. The number of aliphatic hydroxyl groups is 1. The predicted molar refractivity (Wildman–Crippen MR) is 83.8 cm³/mol. The largest absolute Gasteiger partial charge is 0.437 e. The van der Waals surface area contributed by atoms with Crippen LogP contribution in [0.25, 0.3) is 0 Å². The smallest absolute Gasteiger partial charge is 0.376 e. The van der Waals surface area contributed by atoms with Gasteiger partial charge >= 0.3 is 7.05 Å². The van der Waals surface area contributed by atoms with Gasteiger partial charge in [-0.15, -0.1) is 0 Å². The maximum absolute atomic E-state index is 11.1. The van der Waals surface area contributed by atoms with Crippen molar-refractivity contribution in [2.45, 2.75) is 38.6 Å². The second-order valence-corrected chi connectivity index (χ2v) is 6.16. The summed E-state index contributed by atoms with van der Waals surface area (Å²) in [5, 5.41) is 21.4. The van der Waals surface area contributed by atoms with E-state index in [0.29, 0.717) is 11.4 Å². The molecule has 1 aromatic rings. The molecule has 1 heterocycles. The zero-order chi connectivity index (χ0) is 14.8. The Morgan fingerprint density at radius 3 is 2.30 bits per heavy atom. The first-order chi connectivity index (χ1) is 9.47. The standard InChI is InChI=1S/C15H23BClNO2/c1-3-15(19,12-4-6-14(17)7-5-12)13-8-10-18(11-9-13)16(2)20/h4-7,13,19-20H,3,8-11H2,1-2H3. The molecular weight excluding hydrogens is 272 g/mol. The lowest BCUT2D eigenvalue weighted by atomic mass is 9.72. The molecule has 1 unspecified atom stereocenters. The van der Waals surface area contributed by atoms with E-state index in [2.05, 4.69) is 4.81 Å². The van der Waals surface area contributed by atoms with Crippen LogP contribution in [0.15, 0.2) is 24.3 Å². The molecule has 1 saturated heterocycles. The Morgan fingerprint density at radius 1 is 1.30 bits per heavy atom. The molecule has 1 aliphatic rings. The van der Waals surface area contributed by atoms with E-state index in [9.17, 15) is 10.1 Å². The van der Waals surface area contributed by atoms with Crippen LogP contribution < -0.4 is 0 Å². The second-order valence-electron chi connectivity index (χ2n) is 5.73. The minimum absolute atomic E-state index is 0.226. The molecule has 0 amide bonds. The highest BCUT2D eigenvalue weighted by Crippen LogP contribution is 2.39. The molecule has 1 aromatic carbocycles. The van der Waals surface area contributed by atoms with Gasteiger partial charge in [-0.3, -0.25) is 0 Å². The van der Waals surface area contributed by atoms with Gasteiger partial charge in [0.1, 0.15) is 0 Å². The van der Waals surface area contributed by atoms with Gasteiger partial charge in [-0.2, -0.15) is 0 Å². The zero-order valence-corrected chi connectivity index (χ0v) is 13.0. The summed E-state index contributed by atoms with van der Waals surface area (Å²) in [6.07, 6.45) is 2.49. The van der Waals surface area contributed by atoms with E-state index in [1.165, 1.54) is 0 Å². The fourth-order valence-corrected chi connectivity index (χ4v) is 3.34. The van der Waals surface area contributed by atoms with Gasteiger partial charge in [0.25, 0.3) is 0 Å². The topological polar surface area (TPSA) is 43.7 Å². The van der Waals surface area contributed by atoms with Gasteiger partial charge in [0.05, 0.1) is 5.60 Å². The van der Waals surface area contributed by atoms with Gasteiger partial charge in [-0.05, 0) is 62.8 Å². The molecule has 110 valence electrons. The zero-order valence-electron chi connectivity index (χ0n) is 12.2. The van der Waals surface area contributed by atoms with Crippen molar-refractivity contribution in [3.05, 3.63) is 34.9 Å². The van der Waals surface area contributed by atoms with Gasteiger partial charge in [-0.25, -0.2) is 0 Å². The molecule has 0 aliphatic carbocycles. The quantitative estimate of drug-likeness (QED) is 0.840. The minimum atomic E-state index is -0.796. The van der Waals surface area contributed by atoms with E-state index in [0.717, 1.165) is 31.5 Å². The molecule has 5 heteroatoms. The van der Waals surface area contributed by atoms with Crippen LogP contribution in [-0.2, 0) is 5.60 Å². The number of hydrogen-bond acceptors (Lipinski definition) is 3. The van der Waals surface area contributed by atoms with Crippen molar-refractivity contribution in [2.24, 2.45) is 5.92 Å². The van der Waals surface area contributed by atoms with Gasteiger partial charge in [0.15, 0.2) is 0 Å². The molecule has 3 nitrogen and oxygen atoms in total. The molecule has 20 heavy (non-hydrogen) atoms. The van der Waals surface area contributed by atoms with Crippen LogP contribution in [0, 0.1) is 5.92 Å². The highest BCUT2D eigenvalue weighted by Gasteiger charge is 2.39. The number of hydrogen-bond donors (Lipinski definition) is 2. The number of piperidine rings is 1. The summed E-state index contributed by atoms with van der Waals surface area (Å²) in [6, 6.07) is 7.52. The second kappa shape index (κ2) is 6.48. The van der Waals surface area contributed by atoms with E-state index in [4.69, 9.17) is 11.6 Å². The lowest BCUT2D eigenvalue weighted by Gasteiger charge is -2.42. The van der Waals surface area contributed by atoms with E-state index >= 15 is 0 Å². The third kappa shape index (κ3) is 3.20. The first-order valence-corrected chi connectivity index (χ1v) is 7.75. The van der Waals surface area contributed by atoms with Crippen molar-refractivity contribution < 1.29 is 10.1 Å². The van der Waals surface area contributed by atoms with Crippen molar-refractivity contribution in [3.8, 4) is 0 Å². The predicted octanol–water partition coefficient (Wildman–Crippen LogP) is 2.76. The average molecular weight is 296 g/mol. The average Bonchev–Trinajstić information content (AvgIpc) is 2.47. The third-order valence-corrected chi connectivity index (χ3v) is 4.87. The van der Waals surface area contributed by atoms with Crippen LogP contribution in [0.1, 0.15) is 31.7 Å². The lowest BCUT2D eigenvalue weighted by Crippen LogP contribution is -2.47. The monoisotopic (exact) mass is 295 g/mol. The molecule has 0 saturated carbocycles. The molecule has 0 aromatic heterocycles. The molecule has 1 fully saturated rings. The first-order valence-electron chi connectivity index (χ1n) is 7.38. The van der Waals surface area contributed by atoms with Gasteiger partial charge in [-0.1, -0.05) is 30.7 Å². The van der Waals surface area contributed by atoms with Gasteiger partial charge < -0.3 is 14.9 Å². The van der Waals surface area contributed by atoms with Gasteiger partial charge in [0.2, 0.25) is 0 Å². The molecule has 1 atom stereocenters. The van der Waals surface area contributed by atoms with E-state index in [-0.39, 0.29) is 5.92 Å². The summed E-state index contributed by atoms with van der Waals surface area (Å²) >= 11 is 5.93.